The van der Waals surface area contributed by atoms with E-state index < -0.39 is 5.60 Å². The lowest BCUT2D eigenvalue weighted by molar-refractivity contribution is -0.153. The molecular formula is C13H16N2O2. The number of nitrogens with zero attached hydrogens (tertiary/aromatic N) is 1. The molecule has 1 heterocycles. The highest BCUT2D eigenvalue weighted by molar-refractivity contribution is 5.80. The van der Waals surface area contributed by atoms with Crippen molar-refractivity contribution in [2.45, 2.75) is 32.8 Å². The molecule has 0 atom stereocenters. The number of aromatic amines is 1. The predicted octanol–water partition coefficient (Wildman–Crippen LogP) is 2.45. The van der Waals surface area contributed by atoms with Gasteiger partial charge in [-0.1, -0.05) is 12.1 Å². The Kier molecular flexibility index (Phi) is 2.88. The highest BCUT2D eigenvalue weighted by Crippen LogP contribution is 2.15. The third-order valence-electron chi connectivity index (χ3n) is 2.27. The summed E-state index contributed by atoms with van der Waals surface area (Å²) < 4.78 is 5.27. The highest BCUT2D eigenvalue weighted by atomic mass is 16.6. The number of carbonyl (C=O) groups is 1. The summed E-state index contributed by atoms with van der Waals surface area (Å²) in [7, 11) is 0. The lowest BCUT2D eigenvalue weighted by atomic mass is 10.1. The van der Waals surface area contributed by atoms with Crippen LogP contribution in [-0.2, 0) is 16.0 Å². The SMILES string of the molecule is CC(C)(C)OC(=O)Cc1ccc2cn[nH]c2c1. The van der Waals surface area contributed by atoms with E-state index in [1.807, 2.05) is 39.0 Å². The van der Waals surface area contributed by atoms with Crippen LogP contribution in [0.2, 0.25) is 0 Å². The van der Waals surface area contributed by atoms with Gasteiger partial charge >= 0.3 is 5.97 Å². The third kappa shape index (κ3) is 3.06. The summed E-state index contributed by atoms with van der Waals surface area (Å²) in [4.78, 5) is 11.7. The summed E-state index contributed by atoms with van der Waals surface area (Å²) in [5.41, 5.74) is 1.43. The maximum Gasteiger partial charge on any atom is 0.310 e. The van der Waals surface area contributed by atoms with Crippen LogP contribution >= 0.6 is 0 Å². The lowest BCUT2D eigenvalue weighted by Crippen LogP contribution is -2.24. The molecule has 0 radical (unpaired) electrons. The van der Waals surface area contributed by atoms with E-state index >= 15 is 0 Å². The summed E-state index contributed by atoms with van der Waals surface area (Å²) in [6, 6.07) is 5.78. The number of nitrogens with one attached hydrogen (secondary N) is 1. The summed E-state index contributed by atoms with van der Waals surface area (Å²) in [5.74, 6) is -0.212. The molecular weight excluding hydrogens is 216 g/mol. The van der Waals surface area contributed by atoms with Crippen molar-refractivity contribution in [2.24, 2.45) is 0 Å². The second-order valence-electron chi connectivity index (χ2n) is 5.05. The van der Waals surface area contributed by atoms with Crippen molar-refractivity contribution in [1.82, 2.24) is 10.2 Å². The maximum atomic E-state index is 11.7. The minimum absolute atomic E-state index is 0.212. The summed E-state index contributed by atoms with van der Waals surface area (Å²) in [6.07, 6.45) is 2.04. The van der Waals surface area contributed by atoms with Gasteiger partial charge in [-0.3, -0.25) is 9.89 Å². The first kappa shape index (κ1) is 11.6. The Balaban J connectivity index is 2.10. The number of benzene rings is 1. The minimum Gasteiger partial charge on any atom is -0.460 e. The maximum absolute atomic E-state index is 11.7. The van der Waals surface area contributed by atoms with E-state index in [1.54, 1.807) is 6.20 Å². The summed E-state index contributed by atoms with van der Waals surface area (Å²) in [6.45, 7) is 5.59. The van der Waals surface area contributed by atoms with E-state index in [0.29, 0.717) is 0 Å². The fourth-order valence-electron chi connectivity index (χ4n) is 1.64. The number of ether oxygens (including phenoxy) is 1. The quantitative estimate of drug-likeness (QED) is 0.809. The van der Waals surface area contributed by atoms with Crippen LogP contribution in [0.25, 0.3) is 10.9 Å². The zero-order chi connectivity index (χ0) is 12.5. The molecule has 0 fully saturated rings. The van der Waals surface area contributed by atoms with Crippen LogP contribution in [0, 0.1) is 0 Å². The molecule has 0 unspecified atom stereocenters. The van der Waals surface area contributed by atoms with Crippen LogP contribution in [0.5, 0.6) is 0 Å². The number of carbonyl (C=O) groups excluding carboxylic acids is 1. The largest absolute Gasteiger partial charge is 0.460 e. The second kappa shape index (κ2) is 4.20. The van der Waals surface area contributed by atoms with E-state index in [2.05, 4.69) is 10.2 Å². The molecule has 2 aromatic rings. The normalized spacial score (nSPS) is 11.7. The Labute approximate surface area is 100.0 Å². The number of rotatable bonds is 2. The molecule has 1 aromatic carbocycles. The van der Waals surface area contributed by atoms with Gasteiger partial charge in [0.2, 0.25) is 0 Å². The number of aromatic nitrogens is 2. The van der Waals surface area contributed by atoms with E-state index in [0.717, 1.165) is 16.5 Å². The molecule has 0 bridgehead atoms. The summed E-state index contributed by atoms with van der Waals surface area (Å²) in [5, 5.41) is 7.86. The fourth-order valence-corrected chi connectivity index (χ4v) is 1.64. The van der Waals surface area contributed by atoms with Gasteiger partial charge < -0.3 is 4.74 Å². The van der Waals surface area contributed by atoms with Gasteiger partial charge in [-0.15, -0.1) is 0 Å². The number of esters is 1. The standard InChI is InChI=1S/C13H16N2O2/c1-13(2,3)17-12(16)7-9-4-5-10-8-14-15-11(10)6-9/h4-6,8H,7H2,1-3H3,(H,14,15). The van der Waals surface area contributed by atoms with Crippen LogP contribution in [0.1, 0.15) is 26.3 Å². The molecule has 0 aliphatic carbocycles. The number of hydrogen-bond acceptors (Lipinski definition) is 3. The highest BCUT2D eigenvalue weighted by Gasteiger charge is 2.16. The number of H-pyrrole nitrogens is 1. The molecule has 90 valence electrons. The van der Waals surface area contributed by atoms with Crippen molar-refractivity contribution < 1.29 is 9.53 Å². The molecule has 4 heteroatoms. The second-order valence-corrected chi connectivity index (χ2v) is 5.05. The Morgan fingerprint density at radius 3 is 2.88 bits per heavy atom. The average Bonchev–Trinajstić information content (AvgIpc) is 2.61. The van der Waals surface area contributed by atoms with Crippen LogP contribution in [0.3, 0.4) is 0 Å². The molecule has 0 spiro atoms. The predicted molar refractivity (Wildman–Crippen MR) is 65.6 cm³/mol. The van der Waals surface area contributed by atoms with Gasteiger partial charge in [0.1, 0.15) is 5.60 Å². The number of fused-ring (bicyclic) bond motifs is 1. The van der Waals surface area contributed by atoms with Crippen LogP contribution in [0.4, 0.5) is 0 Å². The van der Waals surface area contributed by atoms with Gasteiger partial charge in [0.05, 0.1) is 18.1 Å². The topological polar surface area (TPSA) is 55.0 Å². The molecule has 0 saturated carbocycles. The zero-order valence-electron chi connectivity index (χ0n) is 10.3. The van der Waals surface area contributed by atoms with Crippen molar-refractivity contribution in [3.8, 4) is 0 Å². The van der Waals surface area contributed by atoms with E-state index in [9.17, 15) is 4.79 Å². The molecule has 0 aliphatic heterocycles. The molecule has 0 saturated heterocycles. The van der Waals surface area contributed by atoms with Gasteiger partial charge in [0.25, 0.3) is 0 Å². The van der Waals surface area contributed by atoms with Crippen LogP contribution in [-0.4, -0.2) is 21.8 Å². The van der Waals surface area contributed by atoms with Crippen molar-refractivity contribution >= 4 is 16.9 Å². The Morgan fingerprint density at radius 1 is 1.41 bits per heavy atom. The van der Waals surface area contributed by atoms with Crippen molar-refractivity contribution in [3.05, 3.63) is 30.0 Å². The molecule has 0 amide bonds. The van der Waals surface area contributed by atoms with Gasteiger partial charge in [-0.25, -0.2) is 0 Å². The lowest BCUT2D eigenvalue weighted by Gasteiger charge is -2.19. The molecule has 2 rings (SSSR count). The zero-order valence-corrected chi connectivity index (χ0v) is 10.3. The van der Waals surface area contributed by atoms with Crippen LogP contribution in [0.15, 0.2) is 24.4 Å². The van der Waals surface area contributed by atoms with Crippen molar-refractivity contribution in [1.29, 1.82) is 0 Å². The molecule has 4 nitrogen and oxygen atoms in total. The monoisotopic (exact) mass is 232 g/mol. The smallest absolute Gasteiger partial charge is 0.310 e. The Morgan fingerprint density at radius 2 is 2.18 bits per heavy atom. The Bertz CT molecular complexity index is 538. The number of hydrogen-bond donors (Lipinski definition) is 1. The molecule has 0 aliphatic rings. The van der Waals surface area contributed by atoms with Gasteiger partial charge in [0, 0.05) is 5.39 Å². The molecule has 1 aromatic heterocycles. The first-order chi connectivity index (χ1) is 7.94. The van der Waals surface area contributed by atoms with E-state index in [-0.39, 0.29) is 12.4 Å². The van der Waals surface area contributed by atoms with Gasteiger partial charge in [0.15, 0.2) is 0 Å². The molecule has 1 N–H and O–H groups in total. The third-order valence-corrected chi connectivity index (χ3v) is 2.27. The summed E-state index contributed by atoms with van der Waals surface area (Å²) >= 11 is 0. The fraction of sp³-hybridized carbons (Fsp3) is 0.385. The van der Waals surface area contributed by atoms with Crippen LogP contribution < -0.4 is 0 Å². The minimum atomic E-state index is -0.435. The van der Waals surface area contributed by atoms with Crippen molar-refractivity contribution in [3.63, 3.8) is 0 Å². The first-order valence-corrected chi connectivity index (χ1v) is 5.58. The molecule has 17 heavy (non-hydrogen) atoms. The van der Waals surface area contributed by atoms with Gasteiger partial charge in [-0.05, 0) is 32.4 Å². The Hall–Kier alpha value is -1.84. The first-order valence-electron chi connectivity index (χ1n) is 5.58. The van der Waals surface area contributed by atoms with Crippen molar-refractivity contribution in [2.75, 3.05) is 0 Å². The van der Waals surface area contributed by atoms with E-state index in [4.69, 9.17) is 4.74 Å². The van der Waals surface area contributed by atoms with E-state index in [1.165, 1.54) is 0 Å². The average molecular weight is 232 g/mol. The van der Waals surface area contributed by atoms with Gasteiger partial charge in [-0.2, -0.15) is 5.10 Å².